The van der Waals surface area contributed by atoms with Crippen molar-refractivity contribution in [3.05, 3.63) is 64.1 Å². The quantitative estimate of drug-likeness (QED) is 0.670. The van der Waals surface area contributed by atoms with Crippen molar-refractivity contribution in [1.82, 2.24) is 0 Å². The van der Waals surface area contributed by atoms with Gasteiger partial charge in [-0.15, -0.1) is 0 Å². The molecule has 0 radical (unpaired) electrons. The summed E-state index contributed by atoms with van der Waals surface area (Å²) in [6, 6.07) is 8.86. The maximum absolute atomic E-state index is 12.2. The number of carboxylic acid groups (broad SMARTS) is 1. The van der Waals surface area contributed by atoms with Gasteiger partial charge in [-0.3, -0.25) is 4.79 Å². The molecule has 0 fully saturated rings. The van der Waals surface area contributed by atoms with Crippen LogP contribution < -0.4 is 0 Å². The first-order valence-electron chi connectivity index (χ1n) is 6.29. The molecule has 0 unspecified atom stereocenters. The lowest BCUT2D eigenvalue weighted by Crippen LogP contribution is -2.13. The van der Waals surface area contributed by atoms with Crippen LogP contribution in [0.25, 0.3) is 5.57 Å². The first-order chi connectivity index (χ1) is 10.1. The molecule has 21 heavy (non-hydrogen) atoms. The van der Waals surface area contributed by atoms with Gasteiger partial charge in [-0.2, -0.15) is 0 Å². The molecular formula is C16H10O3S2. The number of benzene rings is 1. The van der Waals surface area contributed by atoms with Gasteiger partial charge in [0, 0.05) is 10.5 Å². The van der Waals surface area contributed by atoms with Gasteiger partial charge >= 0.3 is 5.97 Å². The zero-order valence-electron chi connectivity index (χ0n) is 10.8. The Labute approximate surface area is 131 Å². The number of carboxylic acids is 1. The fraction of sp³-hybridized carbons (Fsp3) is 0.0625. The Hall–Kier alpha value is -1.98. The van der Waals surface area contributed by atoms with Gasteiger partial charge in [-0.1, -0.05) is 66.5 Å². The number of rotatable bonds is 2. The number of ketones is 1. The summed E-state index contributed by atoms with van der Waals surface area (Å²) in [5, 5.41) is 9.60. The Kier molecular flexibility index (Phi) is 3.61. The van der Waals surface area contributed by atoms with Crippen LogP contribution in [-0.4, -0.2) is 21.1 Å². The predicted molar refractivity (Wildman–Crippen MR) is 87.0 cm³/mol. The van der Waals surface area contributed by atoms with Crippen molar-refractivity contribution < 1.29 is 14.7 Å². The van der Waals surface area contributed by atoms with Gasteiger partial charge in [-0.25, -0.2) is 4.79 Å². The second-order valence-corrected chi connectivity index (χ2v) is 6.31. The molecule has 1 aliphatic carbocycles. The van der Waals surface area contributed by atoms with E-state index in [2.05, 4.69) is 0 Å². The SMILES string of the molecule is O=C(O)C(=C1CC=CC2=C1C(=O)C(=S)S2)c1ccccc1. The number of carbonyl (C=O) groups excluding carboxylic acids is 1. The molecule has 0 bridgehead atoms. The van der Waals surface area contributed by atoms with Crippen molar-refractivity contribution in [2.75, 3.05) is 0 Å². The molecular weight excluding hydrogens is 304 g/mol. The number of hydrogen-bond donors (Lipinski definition) is 1. The zero-order valence-corrected chi connectivity index (χ0v) is 12.5. The van der Waals surface area contributed by atoms with Crippen LogP contribution in [0.4, 0.5) is 0 Å². The molecule has 0 atom stereocenters. The van der Waals surface area contributed by atoms with Crippen LogP contribution in [0.5, 0.6) is 0 Å². The summed E-state index contributed by atoms with van der Waals surface area (Å²) in [6.45, 7) is 0. The van der Waals surface area contributed by atoms with Crippen LogP contribution in [0.15, 0.2) is 58.5 Å². The number of thioether (sulfide) groups is 1. The van der Waals surface area contributed by atoms with Gasteiger partial charge in [0.2, 0.25) is 5.78 Å². The molecule has 1 aliphatic heterocycles. The summed E-state index contributed by atoms with van der Waals surface area (Å²) in [6.07, 6.45) is 4.13. The number of hydrogen-bond acceptors (Lipinski definition) is 4. The minimum absolute atomic E-state index is 0.172. The molecule has 3 rings (SSSR count). The van der Waals surface area contributed by atoms with Gasteiger partial charge < -0.3 is 5.11 Å². The van der Waals surface area contributed by atoms with Crippen LogP contribution >= 0.6 is 24.0 Å². The van der Waals surface area contributed by atoms with E-state index in [-0.39, 0.29) is 15.6 Å². The van der Waals surface area contributed by atoms with Crippen molar-refractivity contribution in [1.29, 1.82) is 0 Å². The molecule has 1 N–H and O–H groups in total. The van der Waals surface area contributed by atoms with Crippen LogP contribution in [0.1, 0.15) is 12.0 Å². The first kappa shape index (κ1) is 14.0. The lowest BCUT2D eigenvalue weighted by molar-refractivity contribution is -0.130. The van der Waals surface area contributed by atoms with Gasteiger partial charge in [0.05, 0.1) is 5.57 Å². The predicted octanol–water partition coefficient (Wildman–Crippen LogP) is 3.38. The van der Waals surface area contributed by atoms with E-state index >= 15 is 0 Å². The molecule has 0 spiro atoms. The molecule has 1 aromatic rings. The van der Waals surface area contributed by atoms with Gasteiger partial charge in [0.1, 0.15) is 4.20 Å². The summed E-state index contributed by atoms with van der Waals surface area (Å²) >= 11 is 6.28. The highest BCUT2D eigenvalue weighted by Crippen LogP contribution is 2.42. The van der Waals surface area contributed by atoms with E-state index in [1.54, 1.807) is 24.3 Å². The molecule has 5 heteroatoms. The molecule has 1 aromatic carbocycles. The van der Waals surface area contributed by atoms with E-state index in [1.807, 2.05) is 18.2 Å². The lowest BCUT2D eigenvalue weighted by atomic mass is 9.88. The third-order valence-electron chi connectivity index (χ3n) is 3.33. The molecule has 0 amide bonds. The summed E-state index contributed by atoms with van der Waals surface area (Å²) in [5.74, 6) is -1.27. The average molecular weight is 314 g/mol. The third-order valence-corrected chi connectivity index (χ3v) is 4.70. The van der Waals surface area contributed by atoms with Gasteiger partial charge in [0.25, 0.3) is 0 Å². The molecule has 104 valence electrons. The Morgan fingerprint density at radius 2 is 1.95 bits per heavy atom. The Morgan fingerprint density at radius 1 is 1.24 bits per heavy atom. The minimum atomic E-state index is -1.03. The first-order valence-corrected chi connectivity index (χ1v) is 7.51. The number of thiocarbonyl (C=S) groups is 1. The highest BCUT2D eigenvalue weighted by Gasteiger charge is 2.34. The van der Waals surface area contributed by atoms with E-state index in [9.17, 15) is 14.7 Å². The van der Waals surface area contributed by atoms with Crippen LogP contribution in [0.2, 0.25) is 0 Å². The van der Waals surface area contributed by atoms with Crippen LogP contribution in [-0.2, 0) is 9.59 Å². The fourth-order valence-electron chi connectivity index (χ4n) is 2.46. The fourth-order valence-corrected chi connectivity index (χ4v) is 3.71. The largest absolute Gasteiger partial charge is 0.478 e. The van der Waals surface area contributed by atoms with E-state index in [1.165, 1.54) is 11.8 Å². The van der Waals surface area contributed by atoms with Crippen molar-refractivity contribution in [3.63, 3.8) is 0 Å². The summed E-state index contributed by atoms with van der Waals surface area (Å²) in [5.41, 5.74) is 1.76. The standard InChI is InChI=1S/C16H10O3S2/c17-14-13-10(7-4-8-11(13)21-16(14)20)12(15(18)19)9-5-2-1-3-6-9/h1-6,8H,7H2,(H,18,19). The Balaban J connectivity index is 2.24. The molecule has 2 aliphatic rings. The van der Waals surface area contributed by atoms with Crippen molar-refractivity contribution in [2.24, 2.45) is 0 Å². The lowest BCUT2D eigenvalue weighted by Gasteiger charge is -2.15. The summed E-state index contributed by atoms with van der Waals surface area (Å²) in [4.78, 5) is 24.7. The molecule has 0 saturated carbocycles. The van der Waals surface area contributed by atoms with Crippen molar-refractivity contribution >= 4 is 45.5 Å². The highest BCUT2D eigenvalue weighted by atomic mass is 32.2. The van der Waals surface area contributed by atoms with E-state index in [4.69, 9.17) is 12.2 Å². The summed E-state index contributed by atoms with van der Waals surface area (Å²) in [7, 11) is 0. The number of Topliss-reactive ketones (excluding diaryl/α,β-unsaturated/α-hetero) is 1. The Morgan fingerprint density at radius 3 is 2.62 bits per heavy atom. The van der Waals surface area contributed by atoms with E-state index in [0.717, 1.165) is 4.91 Å². The minimum Gasteiger partial charge on any atom is -0.478 e. The molecule has 3 nitrogen and oxygen atoms in total. The highest BCUT2D eigenvalue weighted by molar-refractivity contribution is 8.28. The van der Waals surface area contributed by atoms with E-state index < -0.39 is 5.97 Å². The molecule has 1 heterocycles. The van der Waals surface area contributed by atoms with Crippen LogP contribution in [0, 0.1) is 0 Å². The number of aliphatic carboxylic acids is 1. The number of carbonyl (C=O) groups is 2. The zero-order chi connectivity index (χ0) is 15.0. The smallest absolute Gasteiger partial charge is 0.336 e. The van der Waals surface area contributed by atoms with E-state index in [0.29, 0.717) is 23.1 Å². The van der Waals surface area contributed by atoms with Gasteiger partial charge in [-0.05, 0) is 17.6 Å². The Bertz CT molecular complexity index is 755. The molecule has 0 aromatic heterocycles. The second-order valence-electron chi connectivity index (χ2n) is 4.59. The van der Waals surface area contributed by atoms with Gasteiger partial charge in [0.15, 0.2) is 0 Å². The third kappa shape index (κ3) is 2.39. The van der Waals surface area contributed by atoms with Crippen LogP contribution in [0.3, 0.4) is 0 Å². The topological polar surface area (TPSA) is 54.4 Å². The summed E-state index contributed by atoms with van der Waals surface area (Å²) < 4.78 is 0.279. The average Bonchev–Trinajstić information content (AvgIpc) is 2.76. The monoisotopic (exact) mass is 314 g/mol. The molecule has 0 saturated heterocycles. The number of allylic oxidation sites excluding steroid dienone is 4. The second kappa shape index (κ2) is 5.42. The maximum Gasteiger partial charge on any atom is 0.336 e. The maximum atomic E-state index is 12.2. The van der Waals surface area contributed by atoms with Crippen molar-refractivity contribution in [3.8, 4) is 0 Å². The normalized spacial score (nSPS) is 19.8. The van der Waals surface area contributed by atoms with Crippen molar-refractivity contribution in [2.45, 2.75) is 6.42 Å².